The summed E-state index contributed by atoms with van der Waals surface area (Å²) in [6.45, 7) is 0.884. The summed E-state index contributed by atoms with van der Waals surface area (Å²) in [7, 11) is -4.30. The van der Waals surface area contributed by atoms with Crippen LogP contribution in [0.4, 0.5) is 36.4 Å². The van der Waals surface area contributed by atoms with E-state index in [1.54, 1.807) is 4.72 Å². The molecular formula is C12H9F7N2O4S. The van der Waals surface area contributed by atoms with Crippen LogP contribution in [0.25, 0.3) is 0 Å². The summed E-state index contributed by atoms with van der Waals surface area (Å²) in [4.78, 5) is 21.3. The maximum Gasteiger partial charge on any atom is 0.460 e. The first kappa shape index (κ1) is 21.7. The topological polar surface area (TPSA) is 92.3 Å². The quantitative estimate of drug-likeness (QED) is 0.729. The highest BCUT2D eigenvalue weighted by molar-refractivity contribution is 7.90. The molecule has 2 N–H and O–H groups in total. The van der Waals surface area contributed by atoms with E-state index in [-0.39, 0.29) is 0 Å². The van der Waals surface area contributed by atoms with Crippen molar-refractivity contribution in [3.05, 3.63) is 24.3 Å². The van der Waals surface area contributed by atoms with Crippen molar-refractivity contribution < 1.29 is 48.7 Å². The molecule has 0 saturated carbocycles. The minimum Gasteiger partial charge on any atom is -0.321 e. The Morgan fingerprint density at radius 1 is 0.923 bits per heavy atom. The summed E-state index contributed by atoms with van der Waals surface area (Å²) in [5.74, 6) is -16.6. The van der Waals surface area contributed by atoms with E-state index in [0.717, 1.165) is 12.2 Å². The predicted octanol–water partition coefficient (Wildman–Crippen LogP) is 2.28. The monoisotopic (exact) mass is 410 g/mol. The van der Waals surface area contributed by atoms with Crippen LogP contribution in [0.5, 0.6) is 0 Å². The van der Waals surface area contributed by atoms with E-state index in [9.17, 15) is 48.7 Å². The lowest BCUT2D eigenvalue weighted by Gasteiger charge is -2.27. The standard InChI is InChI=1S/C12H9F7N2O4S/c1-6(22)21-26(24,25)8-4-2-7(3-5-8)20-9(23)10(13,14)11(15,16)12(17,18)19/h2-5H,1H3,(H,20,23)(H,21,22). The van der Waals surface area contributed by atoms with Gasteiger partial charge in [-0.05, 0) is 24.3 Å². The SMILES string of the molecule is CC(=O)NS(=O)(=O)c1ccc(NC(=O)C(F)(F)C(F)(F)C(F)(F)F)cc1. The maximum absolute atomic E-state index is 13.2. The summed E-state index contributed by atoms with van der Waals surface area (Å²) in [6, 6.07) is 2.69. The lowest BCUT2D eigenvalue weighted by Crippen LogP contribution is -2.57. The molecule has 1 aromatic rings. The van der Waals surface area contributed by atoms with E-state index >= 15 is 0 Å². The van der Waals surface area contributed by atoms with Crippen LogP contribution in [0.15, 0.2) is 29.2 Å². The first-order valence-corrected chi connectivity index (χ1v) is 7.78. The first-order valence-electron chi connectivity index (χ1n) is 6.29. The number of halogens is 7. The zero-order valence-electron chi connectivity index (χ0n) is 12.5. The molecule has 0 heterocycles. The van der Waals surface area contributed by atoms with Crippen molar-refractivity contribution in [2.75, 3.05) is 5.32 Å². The van der Waals surface area contributed by atoms with Crippen LogP contribution >= 0.6 is 0 Å². The smallest absolute Gasteiger partial charge is 0.321 e. The van der Waals surface area contributed by atoms with E-state index in [2.05, 4.69) is 0 Å². The van der Waals surface area contributed by atoms with Gasteiger partial charge in [0, 0.05) is 12.6 Å². The number of hydrogen-bond donors (Lipinski definition) is 2. The first-order chi connectivity index (χ1) is 11.5. The molecule has 0 aliphatic carbocycles. The number of carbonyl (C=O) groups excluding carboxylic acids is 2. The Hall–Kier alpha value is -2.38. The Kier molecular flexibility index (Phi) is 5.61. The number of anilines is 1. The number of sulfonamides is 1. The predicted molar refractivity (Wildman–Crippen MR) is 72.0 cm³/mol. The zero-order valence-corrected chi connectivity index (χ0v) is 13.3. The van der Waals surface area contributed by atoms with Gasteiger partial charge < -0.3 is 5.32 Å². The summed E-state index contributed by atoms with van der Waals surface area (Å²) in [5.41, 5.74) is -0.686. The van der Waals surface area contributed by atoms with Crippen molar-refractivity contribution in [1.82, 2.24) is 4.72 Å². The van der Waals surface area contributed by atoms with Crippen LogP contribution in [0.1, 0.15) is 6.92 Å². The second kappa shape index (κ2) is 6.74. The van der Waals surface area contributed by atoms with Crippen LogP contribution in [0.3, 0.4) is 0 Å². The molecule has 0 atom stereocenters. The highest BCUT2D eigenvalue weighted by Crippen LogP contribution is 2.46. The van der Waals surface area contributed by atoms with Gasteiger partial charge in [0.15, 0.2) is 0 Å². The largest absolute Gasteiger partial charge is 0.460 e. The molecule has 6 nitrogen and oxygen atoms in total. The summed E-state index contributed by atoms with van der Waals surface area (Å²) >= 11 is 0. The third-order valence-electron chi connectivity index (χ3n) is 2.74. The van der Waals surface area contributed by atoms with Gasteiger partial charge in [-0.2, -0.15) is 30.7 Å². The summed E-state index contributed by atoms with van der Waals surface area (Å²) < 4.78 is 113. The minimum absolute atomic E-state index is 0.557. The van der Waals surface area contributed by atoms with E-state index in [1.165, 1.54) is 0 Å². The summed E-state index contributed by atoms with van der Waals surface area (Å²) in [5, 5.41) is 1.13. The minimum atomic E-state index is -6.68. The molecule has 0 fully saturated rings. The molecule has 146 valence electrons. The lowest BCUT2D eigenvalue weighted by atomic mass is 10.1. The molecule has 0 aromatic heterocycles. The van der Waals surface area contributed by atoms with Crippen molar-refractivity contribution >= 4 is 27.5 Å². The fourth-order valence-electron chi connectivity index (χ4n) is 1.50. The van der Waals surface area contributed by atoms with Gasteiger partial charge in [0.05, 0.1) is 4.90 Å². The Bertz CT molecular complexity index is 804. The average Bonchev–Trinajstić information content (AvgIpc) is 2.44. The number of alkyl halides is 7. The molecule has 0 bridgehead atoms. The van der Waals surface area contributed by atoms with E-state index in [0.29, 0.717) is 24.3 Å². The van der Waals surface area contributed by atoms with Crippen molar-refractivity contribution in [3.63, 3.8) is 0 Å². The molecule has 0 spiro atoms. The molecule has 0 aliphatic rings. The lowest BCUT2D eigenvalue weighted by molar-refractivity contribution is -0.343. The van der Waals surface area contributed by atoms with E-state index < -0.39 is 50.4 Å². The van der Waals surface area contributed by atoms with Gasteiger partial charge in [0.1, 0.15) is 0 Å². The van der Waals surface area contributed by atoms with Crippen LogP contribution in [0, 0.1) is 0 Å². The number of benzene rings is 1. The third-order valence-corrected chi connectivity index (χ3v) is 4.19. The van der Waals surface area contributed by atoms with Gasteiger partial charge in [-0.3, -0.25) is 9.59 Å². The molecule has 0 unspecified atom stereocenters. The van der Waals surface area contributed by atoms with Crippen molar-refractivity contribution in [2.45, 2.75) is 29.8 Å². The second-order valence-corrected chi connectivity index (χ2v) is 6.47. The van der Waals surface area contributed by atoms with E-state index in [1.807, 2.05) is 0 Å². The highest BCUT2D eigenvalue weighted by atomic mass is 32.2. The molecule has 2 amide bonds. The normalized spacial score (nSPS) is 13.2. The number of carbonyl (C=O) groups is 2. The molecule has 1 aromatic carbocycles. The molecule has 0 radical (unpaired) electrons. The van der Waals surface area contributed by atoms with Crippen LogP contribution < -0.4 is 10.0 Å². The van der Waals surface area contributed by atoms with E-state index in [4.69, 9.17) is 0 Å². The Morgan fingerprint density at radius 2 is 1.38 bits per heavy atom. The van der Waals surface area contributed by atoms with Gasteiger partial charge in [-0.15, -0.1) is 0 Å². The molecule has 26 heavy (non-hydrogen) atoms. The number of amides is 2. The van der Waals surface area contributed by atoms with Crippen LogP contribution in [-0.2, 0) is 19.6 Å². The molecule has 0 saturated heterocycles. The molecule has 1 rings (SSSR count). The Labute approximate surface area is 141 Å². The van der Waals surface area contributed by atoms with Crippen molar-refractivity contribution in [2.24, 2.45) is 0 Å². The fraction of sp³-hybridized carbons (Fsp3) is 0.333. The molecule has 14 heteroatoms. The Morgan fingerprint density at radius 3 is 1.77 bits per heavy atom. The summed E-state index contributed by atoms with van der Waals surface area (Å²) in [6.07, 6.45) is -6.68. The second-order valence-electron chi connectivity index (χ2n) is 4.79. The van der Waals surface area contributed by atoms with Crippen molar-refractivity contribution in [3.8, 4) is 0 Å². The molecule has 0 aliphatic heterocycles. The maximum atomic E-state index is 13.2. The average molecular weight is 410 g/mol. The Balaban J connectivity index is 3.03. The van der Waals surface area contributed by atoms with Gasteiger partial charge >= 0.3 is 23.9 Å². The zero-order chi connectivity index (χ0) is 20.6. The third kappa shape index (κ3) is 4.23. The van der Waals surface area contributed by atoms with Gasteiger partial charge in [-0.25, -0.2) is 13.1 Å². The number of hydrogen-bond acceptors (Lipinski definition) is 4. The number of nitrogens with one attached hydrogen (secondary N) is 2. The number of rotatable bonds is 5. The van der Waals surface area contributed by atoms with Gasteiger partial charge in [0.25, 0.3) is 10.0 Å². The van der Waals surface area contributed by atoms with Crippen LogP contribution in [0.2, 0.25) is 0 Å². The van der Waals surface area contributed by atoms with Crippen LogP contribution in [-0.4, -0.2) is 38.3 Å². The van der Waals surface area contributed by atoms with Gasteiger partial charge in [0.2, 0.25) is 5.91 Å². The highest BCUT2D eigenvalue weighted by Gasteiger charge is 2.76. The molecular weight excluding hydrogens is 401 g/mol. The van der Waals surface area contributed by atoms with Crippen molar-refractivity contribution in [1.29, 1.82) is 0 Å². The van der Waals surface area contributed by atoms with Gasteiger partial charge in [-0.1, -0.05) is 0 Å². The fourth-order valence-corrected chi connectivity index (χ4v) is 2.49.